The van der Waals surface area contributed by atoms with Crippen molar-refractivity contribution in [2.45, 2.75) is 0 Å². The van der Waals surface area contributed by atoms with Crippen LogP contribution >= 0.6 is 15.9 Å². The summed E-state index contributed by atoms with van der Waals surface area (Å²) in [5, 5.41) is 0. The molecular formula is C14H10BrNO2. The van der Waals surface area contributed by atoms with Crippen molar-refractivity contribution < 1.29 is 9.53 Å². The van der Waals surface area contributed by atoms with Gasteiger partial charge >= 0.3 is 0 Å². The van der Waals surface area contributed by atoms with Gasteiger partial charge in [-0.15, -0.1) is 0 Å². The number of carbonyl (C=O) groups excluding carboxylic acids is 1. The van der Waals surface area contributed by atoms with Gasteiger partial charge < -0.3 is 4.74 Å². The number of hydrogen-bond donors (Lipinski definition) is 0. The minimum Gasteiger partial charge on any atom is -0.482 e. The van der Waals surface area contributed by atoms with Gasteiger partial charge in [-0.1, -0.05) is 34.1 Å². The lowest BCUT2D eigenvalue weighted by Crippen LogP contribution is -2.35. The molecule has 1 amide bonds. The molecule has 0 radical (unpaired) electrons. The third-order valence-corrected chi connectivity index (χ3v) is 3.27. The molecule has 0 unspecified atom stereocenters. The van der Waals surface area contributed by atoms with Crippen molar-refractivity contribution in [3.63, 3.8) is 0 Å². The standard InChI is InChI=1S/C14H10BrNO2/c15-10-6-7-13-12(8-10)16(14(17)9-18-13)11-4-2-1-3-5-11/h1-8H,9H2. The molecule has 90 valence electrons. The van der Waals surface area contributed by atoms with Crippen LogP contribution in [0.5, 0.6) is 5.75 Å². The highest BCUT2D eigenvalue weighted by Gasteiger charge is 2.26. The lowest BCUT2D eigenvalue weighted by Gasteiger charge is -2.29. The Morgan fingerprint density at radius 2 is 1.89 bits per heavy atom. The minimum atomic E-state index is -0.0631. The number of fused-ring (bicyclic) bond motifs is 1. The molecule has 0 saturated heterocycles. The predicted octanol–water partition coefficient (Wildman–Crippen LogP) is 3.51. The Kier molecular flexibility index (Phi) is 2.80. The quantitative estimate of drug-likeness (QED) is 0.807. The first-order chi connectivity index (χ1) is 8.75. The van der Waals surface area contributed by atoms with E-state index in [-0.39, 0.29) is 12.5 Å². The van der Waals surface area contributed by atoms with E-state index in [0.29, 0.717) is 0 Å². The maximum atomic E-state index is 12.1. The van der Waals surface area contributed by atoms with E-state index in [1.54, 1.807) is 4.90 Å². The number of hydrogen-bond acceptors (Lipinski definition) is 2. The number of rotatable bonds is 1. The Hall–Kier alpha value is -1.81. The summed E-state index contributed by atoms with van der Waals surface area (Å²) in [4.78, 5) is 13.7. The molecule has 18 heavy (non-hydrogen) atoms. The summed E-state index contributed by atoms with van der Waals surface area (Å²) in [7, 11) is 0. The molecule has 0 aliphatic carbocycles. The maximum absolute atomic E-state index is 12.1. The number of anilines is 2. The summed E-state index contributed by atoms with van der Waals surface area (Å²) >= 11 is 3.42. The number of nitrogens with zero attached hydrogens (tertiary/aromatic N) is 1. The van der Waals surface area contributed by atoms with Crippen LogP contribution in [0.15, 0.2) is 53.0 Å². The Morgan fingerprint density at radius 3 is 2.67 bits per heavy atom. The van der Waals surface area contributed by atoms with Gasteiger partial charge in [-0.3, -0.25) is 9.69 Å². The maximum Gasteiger partial charge on any atom is 0.269 e. The van der Waals surface area contributed by atoms with Crippen LogP contribution in [0.3, 0.4) is 0 Å². The molecule has 0 N–H and O–H groups in total. The summed E-state index contributed by atoms with van der Waals surface area (Å²) < 4.78 is 6.35. The summed E-state index contributed by atoms with van der Waals surface area (Å²) in [6, 6.07) is 15.2. The number of carbonyl (C=O) groups is 1. The summed E-state index contributed by atoms with van der Waals surface area (Å²) in [6.45, 7) is 0.0729. The second-order valence-corrected chi connectivity index (χ2v) is 4.88. The molecule has 0 saturated carbocycles. The normalized spacial score (nSPS) is 14.1. The van der Waals surface area contributed by atoms with Gasteiger partial charge in [0.05, 0.1) is 5.69 Å². The highest BCUT2D eigenvalue weighted by molar-refractivity contribution is 9.10. The molecule has 1 aliphatic rings. The first-order valence-electron chi connectivity index (χ1n) is 5.56. The minimum absolute atomic E-state index is 0.0631. The SMILES string of the molecule is O=C1COc2ccc(Br)cc2N1c1ccccc1. The van der Waals surface area contributed by atoms with Crippen LogP contribution in [0.2, 0.25) is 0 Å². The fourth-order valence-electron chi connectivity index (χ4n) is 1.99. The van der Waals surface area contributed by atoms with Crippen molar-refractivity contribution in [1.82, 2.24) is 0 Å². The summed E-state index contributed by atoms with van der Waals surface area (Å²) in [5.41, 5.74) is 1.62. The lowest BCUT2D eigenvalue weighted by molar-refractivity contribution is -0.120. The Labute approximate surface area is 113 Å². The molecule has 1 aliphatic heterocycles. The second-order valence-electron chi connectivity index (χ2n) is 3.97. The fraction of sp³-hybridized carbons (Fsp3) is 0.0714. The van der Waals surface area contributed by atoms with Gasteiger partial charge in [-0.25, -0.2) is 0 Å². The molecule has 0 bridgehead atoms. The third-order valence-electron chi connectivity index (χ3n) is 2.78. The van der Waals surface area contributed by atoms with Crippen LogP contribution in [0.25, 0.3) is 0 Å². The van der Waals surface area contributed by atoms with Crippen molar-refractivity contribution in [2.75, 3.05) is 11.5 Å². The van der Waals surface area contributed by atoms with Crippen molar-refractivity contribution in [1.29, 1.82) is 0 Å². The molecule has 0 fully saturated rings. The van der Waals surface area contributed by atoms with Crippen LogP contribution in [-0.2, 0) is 4.79 Å². The number of halogens is 1. The molecule has 0 atom stereocenters. The first kappa shape index (κ1) is 11.3. The van der Waals surface area contributed by atoms with Gasteiger partial charge in [0.2, 0.25) is 0 Å². The highest BCUT2D eigenvalue weighted by Crippen LogP contribution is 2.38. The highest BCUT2D eigenvalue weighted by atomic mass is 79.9. The average molecular weight is 304 g/mol. The van der Waals surface area contributed by atoms with E-state index in [2.05, 4.69) is 15.9 Å². The van der Waals surface area contributed by atoms with Crippen molar-refractivity contribution in [3.05, 3.63) is 53.0 Å². The largest absolute Gasteiger partial charge is 0.482 e. The van der Waals surface area contributed by atoms with Gasteiger partial charge in [-0.2, -0.15) is 0 Å². The molecule has 2 aromatic carbocycles. The number of benzene rings is 2. The van der Waals surface area contributed by atoms with Gasteiger partial charge in [0, 0.05) is 10.2 Å². The number of amides is 1. The number of ether oxygens (including phenoxy) is 1. The Bertz CT molecular complexity index is 598. The van der Waals surface area contributed by atoms with Crippen LogP contribution in [-0.4, -0.2) is 12.5 Å². The second kappa shape index (κ2) is 4.46. The lowest BCUT2D eigenvalue weighted by atomic mass is 10.2. The molecule has 1 heterocycles. The van der Waals surface area contributed by atoms with E-state index in [9.17, 15) is 4.79 Å². The smallest absolute Gasteiger partial charge is 0.269 e. The van der Waals surface area contributed by atoms with Crippen molar-refractivity contribution in [3.8, 4) is 5.75 Å². The van der Waals surface area contributed by atoms with E-state index in [1.807, 2.05) is 48.5 Å². The predicted molar refractivity (Wildman–Crippen MR) is 73.2 cm³/mol. The topological polar surface area (TPSA) is 29.5 Å². The van der Waals surface area contributed by atoms with Gasteiger partial charge in [0.15, 0.2) is 6.61 Å². The van der Waals surface area contributed by atoms with E-state index < -0.39 is 0 Å². The molecule has 0 aromatic heterocycles. The van der Waals surface area contributed by atoms with E-state index in [0.717, 1.165) is 21.6 Å². The Balaban J connectivity index is 2.15. The van der Waals surface area contributed by atoms with Gasteiger partial charge in [-0.05, 0) is 30.3 Å². The van der Waals surface area contributed by atoms with E-state index in [4.69, 9.17) is 4.74 Å². The van der Waals surface area contributed by atoms with Crippen molar-refractivity contribution >= 4 is 33.2 Å². The van der Waals surface area contributed by atoms with E-state index >= 15 is 0 Å². The molecule has 3 rings (SSSR count). The molecule has 3 nitrogen and oxygen atoms in total. The Morgan fingerprint density at radius 1 is 1.11 bits per heavy atom. The van der Waals surface area contributed by atoms with Crippen LogP contribution in [0.1, 0.15) is 0 Å². The summed E-state index contributed by atoms with van der Waals surface area (Å²) in [6.07, 6.45) is 0. The zero-order valence-corrected chi connectivity index (χ0v) is 11.1. The van der Waals surface area contributed by atoms with Gasteiger partial charge in [0.1, 0.15) is 5.75 Å². The fourth-order valence-corrected chi connectivity index (χ4v) is 2.33. The molecule has 2 aromatic rings. The van der Waals surface area contributed by atoms with Gasteiger partial charge in [0.25, 0.3) is 5.91 Å². The zero-order valence-electron chi connectivity index (χ0n) is 9.47. The van der Waals surface area contributed by atoms with E-state index in [1.165, 1.54) is 0 Å². The van der Waals surface area contributed by atoms with Crippen LogP contribution < -0.4 is 9.64 Å². The molecule has 0 spiro atoms. The average Bonchev–Trinajstić information content (AvgIpc) is 2.39. The zero-order chi connectivity index (χ0) is 12.5. The number of para-hydroxylation sites is 1. The van der Waals surface area contributed by atoms with Crippen molar-refractivity contribution in [2.24, 2.45) is 0 Å². The first-order valence-corrected chi connectivity index (χ1v) is 6.35. The molecular weight excluding hydrogens is 294 g/mol. The molecule has 4 heteroatoms. The van der Waals surface area contributed by atoms with Crippen LogP contribution in [0, 0.1) is 0 Å². The monoisotopic (exact) mass is 303 g/mol. The summed E-state index contributed by atoms with van der Waals surface area (Å²) in [5.74, 6) is 0.661. The van der Waals surface area contributed by atoms with Crippen LogP contribution in [0.4, 0.5) is 11.4 Å². The third kappa shape index (κ3) is 1.88.